The van der Waals surface area contributed by atoms with Crippen LogP contribution in [0.15, 0.2) is 59.3 Å². The van der Waals surface area contributed by atoms with E-state index in [1.807, 2.05) is 13.8 Å². The molecule has 0 aliphatic rings. The molecule has 2 heterocycles. The van der Waals surface area contributed by atoms with E-state index in [0.29, 0.717) is 33.9 Å². The van der Waals surface area contributed by atoms with E-state index in [0.717, 1.165) is 0 Å². The molecule has 146 valence electrons. The molecular weight excluding hydrogens is 374 g/mol. The molecule has 29 heavy (non-hydrogen) atoms. The van der Waals surface area contributed by atoms with Gasteiger partial charge < -0.3 is 9.73 Å². The monoisotopic (exact) mass is 391 g/mol. The lowest BCUT2D eigenvalue weighted by Gasteiger charge is -2.03. The summed E-state index contributed by atoms with van der Waals surface area (Å²) in [7, 11) is 0. The first-order valence-electron chi connectivity index (χ1n) is 8.92. The van der Waals surface area contributed by atoms with Crippen LogP contribution < -0.4 is 5.32 Å². The number of non-ortho nitro benzene ring substituents is 1. The van der Waals surface area contributed by atoms with Crippen molar-refractivity contribution in [3.05, 3.63) is 76.4 Å². The SMILES string of the molecule is CC(C)c1nc2cc(NC(=O)c3cnn(-c4ccc([N+](=O)[O-])cc4)c3)ccc2o1. The third-order valence-electron chi connectivity index (χ3n) is 4.33. The maximum absolute atomic E-state index is 12.6. The van der Waals surface area contributed by atoms with E-state index in [4.69, 9.17) is 4.42 Å². The van der Waals surface area contributed by atoms with Gasteiger partial charge in [-0.3, -0.25) is 14.9 Å². The maximum atomic E-state index is 12.6. The number of fused-ring (bicyclic) bond motifs is 1. The highest BCUT2D eigenvalue weighted by molar-refractivity contribution is 6.04. The van der Waals surface area contributed by atoms with Crippen molar-refractivity contribution in [3.63, 3.8) is 0 Å². The van der Waals surface area contributed by atoms with E-state index in [1.54, 1.807) is 36.5 Å². The lowest BCUT2D eigenvalue weighted by atomic mass is 10.2. The summed E-state index contributed by atoms with van der Waals surface area (Å²) in [4.78, 5) is 27.3. The van der Waals surface area contributed by atoms with Gasteiger partial charge in [-0.15, -0.1) is 0 Å². The number of hydrogen-bond acceptors (Lipinski definition) is 6. The molecule has 0 fully saturated rings. The number of oxazole rings is 1. The summed E-state index contributed by atoms with van der Waals surface area (Å²) in [5.74, 6) is 0.489. The molecule has 9 nitrogen and oxygen atoms in total. The average molecular weight is 391 g/mol. The average Bonchev–Trinajstić information content (AvgIpc) is 3.35. The Labute approximate surface area is 165 Å². The second-order valence-corrected chi connectivity index (χ2v) is 6.79. The van der Waals surface area contributed by atoms with Crippen LogP contribution in [0, 0.1) is 10.1 Å². The number of anilines is 1. The zero-order valence-electron chi connectivity index (χ0n) is 15.7. The van der Waals surface area contributed by atoms with Gasteiger partial charge in [-0.05, 0) is 30.3 Å². The van der Waals surface area contributed by atoms with Crippen LogP contribution in [-0.4, -0.2) is 25.6 Å². The third kappa shape index (κ3) is 3.70. The smallest absolute Gasteiger partial charge is 0.269 e. The van der Waals surface area contributed by atoms with Gasteiger partial charge in [0.1, 0.15) is 5.52 Å². The van der Waals surface area contributed by atoms with Crippen molar-refractivity contribution in [1.82, 2.24) is 14.8 Å². The van der Waals surface area contributed by atoms with Crippen LogP contribution in [-0.2, 0) is 0 Å². The number of nitrogens with one attached hydrogen (secondary N) is 1. The highest BCUT2D eigenvalue weighted by Gasteiger charge is 2.13. The van der Waals surface area contributed by atoms with E-state index in [9.17, 15) is 14.9 Å². The second-order valence-electron chi connectivity index (χ2n) is 6.79. The molecule has 0 bridgehead atoms. The Hall–Kier alpha value is -4.01. The van der Waals surface area contributed by atoms with Crippen molar-refractivity contribution in [1.29, 1.82) is 0 Å². The maximum Gasteiger partial charge on any atom is 0.269 e. The minimum absolute atomic E-state index is 0.0113. The summed E-state index contributed by atoms with van der Waals surface area (Å²) < 4.78 is 7.15. The Morgan fingerprint density at radius 1 is 1.21 bits per heavy atom. The molecule has 0 saturated carbocycles. The molecule has 0 aliphatic carbocycles. The minimum atomic E-state index is -0.471. The highest BCUT2D eigenvalue weighted by atomic mass is 16.6. The fourth-order valence-corrected chi connectivity index (χ4v) is 2.78. The Morgan fingerprint density at radius 3 is 2.66 bits per heavy atom. The van der Waals surface area contributed by atoms with Crippen molar-refractivity contribution in [3.8, 4) is 5.69 Å². The predicted molar refractivity (Wildman–Crippen MR) is 106 cm³/mol. The van der Waals surface area contributed by atoms with Crippen LogP contribution in [0.2, 0.25) is 0 Å². The molecule has 0 radical (unpaired) electrons. The molecule has 1 N–H and O–H groups in total. The third-order valence-corrected chi connectivity index (χ3v) is 4.33. The summed E-state index contributed by atoms with van der Waals surface area (Å²) in [5, 5.41) is 17.7. The van der Waals surface area contributed by atoms with E-state index < -0.39 is 4.92 Å². The largest absolute Gasteiger partial charge is 0.440 e. The van der Waals surface area contributed by atoms with Gasteiger partial charge in [0, 0.05) is 29.9 Å². The van der Waals surface area contributed by atoms with Crippen LogP contribution in [0.5, 0.6) is 0 Å². The Bertz CT molecular complexity index is 1210. The van der Waals surface area contributed by atoms with Gasteiger partial charge in [-0.2, -0.15) is 5.10 Å². The summed E-state index contributed by atoms with van der Waals surface area (Å²) in [6, 6.07) is 11.2. The van der Waals surface area contributed by atoms with Gasteiger partial charge in [-0.1, -0.05) is 13.8 Å². The van der Waals surface area contributed by atoms with Crippen LogP contribution in [0.25, 0.3) is 16.8 Å². The molecule has 0 aliphatic heterocycles. The Balaban J connectivity index is 1.51. The molecular formula is C20H17N5O4. The minimum Gasteiger partial charge on any atom is -0.440 e. The van der Waals surface area contributed by atoms with Gasteiger partial charge in [0.25, 0.3) is 11.6 Å². The summed E-state index contributed by atoms with van der Waals surface area (Å²) in [6.45, 7) is 3.99. The van der Waals surface area contributed by atoms with Crippen molar-refractivity contribution >= 4 is 28.4 Å². The molecule has 0 unspecified atom stereocenters. The molecule has 4 rings (SSSR count). The van der Waals surface area contributed by atoms with E-state index >= 15 is 0 Å². The molecule has 0 atom stereocenters. The predicted octanol–water partition coefficient (Wildman–Crippen LogP) is 4.30. The quantitative estimate of drug-likeness (QED) is 0.400. The Kier molecular flexibility index (Phi) is 4.55. The lowest BCUT2D eigenvalue weighted by molar-refractivity contribution is -0.384. The highest BCUT2D eigenvalue weighted by Crippen LogP contribution is 2.24. The van der Waals surface area contributed by atoms with Gasteiger partial charge >= 0.3 is 0 Å². The van der Waals surface area contributed by atoms with Crippen LogP contribution in [0.3, 0.4) is 0 Å². The van der Waals surface area contributed by atoms with Crippen molar-refractivity contribution in [2.45, 2.75) is 19.8 Å². The van der Waals surface area contributed by atoms with E-state index in [-0.39, 0.29) is 17.5 Å². The number of carbonyl (C=O) groups is 1. The van der Waals surface area contributed by atoms with Gasteiger partial charge in [0.05, 0.1) is 22.4 Å². The van der Waals surface area contributed by atoms with Crippen LogP contribution in [0.4, 0.5) is 11.4 Å². The normalized spacial score (nSPS) is 11.1. The number of benzene rings is 2. The van der Waals surface area contributed by atoms with Crippen LogP contribution in [0.1, 0.15) is 36.0 Å². The van der Waals surface area contributed by atoms with E-state index in [2.05, 4.69) is 15.4 Å². The summed E-state index contributed by atoms with van der Waals surface area (Å²) in [6.07, 6.45) is 2.99. The topological polar surface area (TPSA) is 116 Å². The molecule has 4 aromatic rings. The lowest BCUT2D eigenvalue weighted by Crippen LogP contribution is -2.11. The zero-order valence-corrected chi connectivity index (χ0v) is 15.7. The summed E-state index contributed by atoms with van der Waals surface area (Å²) >= 11 is 0. The molecule has 1 amide bonds. The fraction of sp³-hybridized carbons (Fsp3) is 0.150. The number of carbonyl (C=O) groups excluding carboxylic acids is 1. The van der Waals surface area contributed by atoms with Gasteiger partial charge in [0.15, 0.2) is 11.5 Å². The van der Waals surface area contributed by atoms with Gasteiger partial charge in [-0.25, -0.2) is 9.67 Å². The number of nitro groups is 1. The first kappa shape index (κ1) is 18.4. The number of amides is 1. The fourth-order valence-electron chi connectivity index (χ4n) is 2.78. The van der Waals surface area contributed by atoms with Crippen molar-refractivity contribution in [2.75, 3.05) is 5.32 Å². The number of nitro benzene ring substituents is 1. The van der Waals surface area contributed by atoms with E-state index in [1.165, 1.54) is 23.0 Å². The van der Waals surface area contributed by atoms with Gasteiger partial charge in [0.2, 0.25) is 0 Å². The molecule has 2 aromatic heterocycles. The molecule has 9 heteroatoms. The first-order valence-corrected chi connectivity index (χ1v) is 8.92. The molecule has 0 saturated heterocycles. The number of rotatable bonds is 5. The van der Waals surface area contributed by atoms with Crippen molar-refractivity contribution < 1.29 is 14.1 Å². The molecule has 2 aromatic carbocycles. The second kappa shape index (κ2) is 7.19. The standard InChI is InChI=1S/C20H17N5O4/c1-12(2)20-23-17-9-14(3-8-18(17)29-20)22-19(26)13-10-21-24(11-13)15-4-6-16(7-5-15)25(27)28/h3-12H,1-2H3,(H,22,26). The number of nitrogens with zero attached hydrogens (tertiary/aromatic N) is 4. The zero-order chi connectivity index (χ0) is 20.5. The number of hydrogen-bond donors (Lipinski definition) is 1. The Morgan fingerprint density at radius 2 is 1.97 bits per heavy atom. The first-order chi connectivity index (χ1) is 13.9. The van der Waals surface area contributed by atoms with Crippen LogP contribution >= 0.6 is 0 Å². The summed E-state index contributed by atoms with van der Waals surface area (Å²) in [5.41, 5.74) is 2.88. The molecule has 0 spiro atoms. The number of aromatic nitrogens is 3. The van der Waals surface area contributed by atoms with Crippen molar-refractivity contribution in [2.24, 2.45) is 0 Å².